The Bertz CT molecular complexity index is 846. The summed E-state index contributed by atoms with van der Waals surface area (Å²) in [5.41, 5.74) is 3.33. The molecule has 1 saturated heterocycles. The van der Waals surface area contributed by atoms with Crippen LogP contribution in [-0.4, -0.2) is 53.4 Å². The van der Waals surface area contributed by atoms with Crippen molar-refractivity contribution >= 4 is 5.91 Å². The van der Waals surface area contributed by atoms with E-state index >= 15 is 0 Å². The van der Waals surface area contributed by atoms with Crippen LogP contribution >= 0.6 is 0 Å². The fourth-order valence-corrected chi connectivity index (χ4v) is 5.04. The zero-order chi connectivity index (χ0) is 21.6. The molecule has 1 aromatic heterocycles. The van der Waals surface area contributed by atoms with Gasteiger partial charge in [0, 0.05) is 37.4 Å². The molecule has 1 atom stereocenters. The molecule has 31 heavy (non-hydrogen) atoms. The Morgan fingerprint density at radius 2 is 1.77 bits per heavy atom. The van der Waals surface area contributed by atoms with E-state index in [2.05, 4.69) is 17.0 Å². The first kappa shape index (κ1) is 21.9. The molecule has 1 amide bonds. The smallest absolute Gasteiger partial charge is 0.236 e. The molecule has 4 nitrogen and oxygen atoms in total. The molecule has 0 radical (unpaired) electrons. The molecule has 2 aliphatic rings. The fraction of sp³-hybridized carbons (Fsp3) is 0.538. The maximum Gasteiger partial charge on any atom is 0.236 e. The van der Waals surface area contributed by atoms with Gasteiger partial charge in [-0.2, -0.15) is 0 Å². The van der Waals surface area contributed by atoms with Gasteiger partial charge in [0.05, 0.1) is 6.54 Å². The molecule has 2 aromatic rings. The molecule has 2 heterocycles. The molecule has 4 rings (SSSR count). The number of aromatic nitrogens is 1. The monoisotopic (exact) mass is 423 g/mol. The van der Waals surface area contributed by atoms with E-state index < -0.39 is 0 Å². The van der Waals surface area contributed by atoms with Crippen molar-refractivity contribution < 1.29 is 9.18 Å². The summed E-state index contributed by atoms with van der Waals surface area (Å²) < 4.78 is 13.1. The highest BCUT2D eigenvalue weighted by atomic mass is 19.1. The summed E-state index contributed by atoms with van der Waals surface area (Å²) in [4.78, 5) is 21.9. The van der Waals surface area contributed by atoms with Crippen molar-refractivity contribution in [1.82, 2.24) is 14.8 Å². The minimum absolute atomic E-state index is 0.206. The van der Waals surface area contributed by atoms with Crippen LogP contribution in [0.3, 0.4) is 0 Å². The number of halogens is 1. The number of hydrogen-bond donors (Lipinski definition) is 0. The number of pyridine rings is 1. The highest BCUT2D eigenvalue weighted by Crippen LogP contribution is 2.27. The molecule has 2 fully saturated rings. The van der Waals surface area contributed by atoms with Crippen LogP contribution in [0.5, 0.6) is 0 Å². The van der Waals surface area contributed by atoms with Crippen LogP contribution in [0.4, 0.5) is 4.39 Å². The lowest BCUT2D eigenvalue weighted by Gasteiger charge is -2.36. The molecule has 0 spiro atoms. The third-order valence-corrected chi connectivity index (χ3v) is 6.97. The van der Waals surface area contributed by atoms with E-state index in [0.717, 1.165) is 62.0 Å². The number of likely N-dealkylation sites (N-methyl/N-ethyl adjacent to an activating group) is 1. The number of piperidine rings is 1. The summed E-state index contributed by atoms with van der Waals surface area (Å²) in [6.07, 6.45) is 11.0. The van der Waals surface area contributed by atoms with Crippen molar-refractivity contribution in [2.75, 3.05) is 26.7 Å². The first-order valence-corrected chi connectivity index (χ1v) is 11.8. The average Bonchev–Trinajstić information content (AvgIpc) is 2.81. The van der Waals surface area contributed by atoms with Gasteiger partial charge >= 0.3 is 0 Å². The third kappa shape index (κ3) is 5.91. The first-order chi connectivity index (χ1) is 15.1. The van der Waals surface area contributed by atoms with Crippen molar-refractivity contribution in [2.24, 2.45) is 0 Å². The van der Waals surface area contributed by atoms with Crippen LogP contribution in [0, 0.1) is 5.82 Å². The largest absolute Gasteiger partial charge is 0.342 e. The van der Waals surface area contributed by atoms with Gasteiger partial charge in [-0.05, 0) is 68.0 Å². The van der Waals surface area contributed by atoms with Crippen molar-refractivity contribution in [2.45, 2.75) is 63.3 Å². The third-order valence-electron chi connectivity index (χ3n) is 6.97. The second-order valence-corrected chi connectivity index (χ2v) is 9.27. The SMILES string of the molecule is CN(C(=O)CN1CCCC(c2ccc(Cc3ccc(F)cc3)cn2)C1)C1CCCCC1. The summed E-state index contributed by atoms with van der Waals surface area (Å²) in [6, 6.07) is 11.3. The van der Waals surface area contributed by atoms with E-state index in [-0.39, 0.29) is 11.7 Å². The Balaban J connectivity index is 1.31. The standard InChI is InChI=1S/C26H34FN3O/c1-29(24-7-3-2-4-8-24)26(31)19-30-15-5-6-22(18-30)25-14-11-21(17-28-25)16-20-9-12-23(27)13-10-20/h9-14,17,22,24H,2-8,15-16,18-19H2,1H3. The molecule has 1 saturated carbocycles. The Hall–Kier alpha value is -2.27. The van der Waals surface area contributed by atoms with Crippen molar-refractivity contribution in [1.29, 1.82) is 0 Å². The lowest BCUT2D eigenvalue weighted by Crippen LogP contribution is -2.46. The number of carbonyl (C=O) groups is 1. The van der Waals surface area contributed by atoms with Crippen LogP contribution in [0.15, 0.2) is 42.6 Å². The van der Waals surface area contributed by atoms with E-state index in [4.69, 9.17) is 4.98 Å². The predicted octanol–water partition coefficient (Wildman–Crippen LogP) is 4.78. The number of nitrogens with zero attached hydrogens (tertiary/aromatic N) is 3. The van der Waals surface area contributed by atoms with Crippen LogP contribution in [0.2, 0.25) is 0 Å². The number of carbonyl (C=O) groups excluding carboxylic acids is 1. The second-order valence-electron chi connectivity index (χ2n) is 9.27. The van der Waals surface area contributed by atoms with Gasteiger partial charge in [0.1, 0.15) is 5.82 Å². The average molecular weight is 424 g/mol. The maximum absolute atomic E-state index is 13.1. The van der Waals surface area contributed by atoms with Crippen molar-refractivity contribution in [3.05, 3.63) is 65.2 Å². The van der Waals surface area contributed by atoms with Gasteiger partial charge in [-0.1, -0.05) is 37.5 Å². The second kappa shape index (κ2) is 10.4. The summed E-state index contributed by atoms with van der Waals surface area (Å²) in [5.74, 6) is 0.430. The normalized spacial score (nSPS) is 20.5. The molecule has 1 unspecified atom stereocenters. The number of benzene rings is 1. The molecule has 0 N–H and O–H groups in total. The van der Waals surface area contributed by atoms with Gasteiger partial charge < -0.3 is 4.90 Å². The van der Waals surface area contributed by atoms with Gasteiger partial charge in [-0.25, -0.2) is 4.39 Å². The van der Waals surface area contributed by atoms with Crippen LogP contribution < -0.4 is 0 Å². The van der Waals surface area contributed by atoms with Gasteiger partial charge in [0.15, 0.2) is 0 Å². The minimum atomic E-state index is -0.206. The van der Waals surface area contributed by atoms with E-state index in [1.54, 1.807) is 0 Å². The van der Waals surface area contributed by atoms with Crippen molar-refractivity contribution in [3.63, 3.8) is 0 Å². The molecular weight excluding hydrogens is 389 g/mol. The van der Waals surface area contributed by atoms with E-state index in [0.29, 0.717) is 18.5 Å². The van der Waals surface area contributed by atoms with E-state index in [9.17, 15) is 9.18 Å². The van der Waals surface area contributed by atoms with Gasteiger partial charge in [-0.15, -0.1) is 0 Å². The summed E-state index contributed by atoms with van der Waals surface area (Å²) >= 11 is 0. The zero-order valence-electron chi connectivity index (χ0n) is 18.6. The molecule has 1 aliphatic carbocycles. The van der Waals surface area contributed by atoms with Crippen LogP contribution in [-0.2, 0) is 11.2 Å². The summed E-state index contributed by atoms with van der Waals surface area (Å²) in [7, 11) is 1.99. The molecule has 1 aromatic carbocycles. The molecule has 5 heteroatoms. The number of likely N-dealkylation sites (tertiary alicyclic amines) is 1. The Morgan fingerprint density at radius 3 is 2.48 bits per heavy atom. The summed E-state index contributed by atoms with van der Waals surface area (Å²) in [6.45, 7) is 2.41. The predicted molar refractivity (Wildman–Crippen MR) is 122 cm³/mol. The van der Waals surface area contributed by atoms with E-state index in [1.807, 2.05) is 30.3 Å². The Morgan fingerprint density at radius 1 is 1.03 bits per heavy atom. The minimum Gasteiger partial charge on any atom is -0.342 e. The fourth-order valence-electron chi connectivity index (χ4n) is 5.04. The lowest BCUT2D eigenvalue weighted by molar-refractivity contribution is -0.134. The topological polar surface area (TPSA) is 36.4 Å². The van der Waals surface area contributed by atoms with Crippen molar-refractivity contribution in [3.8, 4) is 0 Å². The van der Waals surface area contributed by atoms with E-state index in [1.165, 1.54) is 31.4 Å². The zero-order valence-corrected chi connectivity index (χ0v) is 18.6. The van der Waals surface area contributed by atoms with Gasteiger partial charge in [0.2, 0.25) is 5.91 Å². The van der Waals surface area contributed by atoms with Crippen LogP contribution in [0.25, 0.3) is 0 Å². The highest BCUT2D eigenvalue weighted by Gasteiger charge is 2.27. The summed E-state index contributed by atoms with van der Waals surface area (Å²) in [5, 5.41) is 0. The molecular formula is C26H34FN3O. The Kier molecular flexibility index (Phi) is 7.33. The van der Waals surface area contributed by atoms with Gasteiger partial charge in [0.25, 0.3) is 0 Å². The quantitative estimate of drug-likeness (QED) is 0.671. The van der Waals surface area contributed by atoms with Crippen LogP contribution in [0.1, 0.15) is 67.7 Å². The highest BCUT2D eigenvalue weighted by molar-refractivity contribution is 5.78. The molecule has 0 bridgehead atoms. The van der Waals surface area contributed by atoms with Gasteiger partial charge in [-0.3, -0.25) is 14.7 Å². The first-order valence-electron chi connectivity index (χ1n) is 11.8. The number of hydrogen-bond acceptors (Lipinski definition) is 3. The lowest BCUT2D eigenvalue weighted by atomic mass is 9.93. The number of amides is 1. The maximum atomic E-state index is 13.1. The molecule has 166 valence electrons. The molecule has 1 aliphatic heterocycles. The Labute approximate surface area is 185 Å². The number of rotatable bonds is 6.